The Bertz CT molecular complexity index is 553. The van der Waals surface area contributed by atoms with Gasteiger partial charge in [-0.3, -0.25) is 0 Å². The first-order chi connectivity index (χ1) is 9.19. The molecule has 0 amide bonds. The monoisotopic (exact) mass is 254 g/mol. The van der Waals surface area contributed by atoms with Gasteiger partial charge in [0.15, 0.2) is 0 Å². The Morgan fingerprint density at radius 2 is 1.53 bits per heavy atom. The van der Waals surface area contributed by atoms with Crippen molar-refractivity contribution in [2.24, 2.45) is 0 Å². The number of phenolic OH excluding ortho intramolecular Hbond substituents is 1. The molecule has 1 heteroatoms. The molecule has 2 aromatic rings. The summed E-state index contributed by atoms with van der Waals surface area (Å²) in [5, 5.41) is 9.43. The summed E-state index contributed by atoms with van der Waals surface area (Å²) in [6.45, 7) is 6.62. The van der Waals surface area contributed by atoms with Crippen LogP contribution in [0.2, 0.25) is 0 Å². The number of rotatable bonds is 4. The Labute approximate surface area is 115 Å². The van der Waals surface area contributed by atoms with Crippen molar-refractivity contribution in [1.29, 1.82) is 0 Å². The van der Waals surface area contributed by atoms with Gasteiger partial charge in [-0.25, -0.2) is 0 Å². The van der Waals surface area contributed by atoms with Gasteiger partial charge in [-0.2, -0.15) is 0 Å². The molecule has 1 N–H and O–H groups in total. The molecule has 100 valence electrons. The van der Waals surface area contributed by atoms with Gasteiger partial charge in [-0.1, -0.05) is 45.0 Å². The maximum absolute atomic E-state index is 9.43. The number of aromatic hydroxyl groups is 1. The highest BCUT2D eigenvalue weighted by atomic mass is 16.3. The van der Waals surface area contributed by atoms with Crippen LogP contribution in [0.1, 0.15) is 37.5 Å². The highest BCUT2D eigenvalue weighted by Crippen LogP contribution is 2.30. The number of hydrogen-bond donors (Lipinski definition) is 1. The fourth-order valence-electron chi connectivity index (χ4n) is 2.63. The molecule has 19 heavy (non-hydrogen) atoms. The van der Waals surface area contributed by atoms with Crippen molar-refractivity contribution in [3.05, 3.63) is 53.1 Å². The topological polar surface area (TPSA) is 20.2 Å². The van der Waals surface area contributed by atoms with Gasteiger partial charge >= 0.3 is 0 Å². The van der Waals surface area contributed by atoms with E-state index in [0.717, 1.165) is 19.3 Å². The third-order valence-electron chi connectivity index (χ3n) is 3.72. The van der Waals surface area contributed by atoms with Crippen molar-refractivity contribution < 1.29 is 5.11 Å². The normalized spacial score (nSPS) is 10.7. The van der Waals surface area contributed by atoms with Crippen LogP contribution in [-0.4, -0.2) is 5.11 Å². The highest BCUT2D eigenvalue weighted by molar-refractivity contribution is 5.70. The Hall–Kier alpha value is -1.76. The van der Waals surface area contributed by atoms with Gasteiger partial charge in [0.25, 0.3) is 0 Å². The maximum atomic E-state index is 9.43. The van der Waals surface area contributed by atoms with E-state index in [9.17, 15) is 5.11 Å². The molecule has 0 fully saturated rings. The molecular weight excluding hydrogens is 232 g/mol. The standard InChI is InChI=1S/C18H22O/c1-4-13-11-14(5-2)17(6-3)18(12-13)15-7-9-16(19)10-8-15/h7-12,19H,4-6H2,1-3H3. The minimum Gasteiger partial charge on any atom is -0.508 e. The lowest BCUT2D eigenvalue weighted by atomic mass is 9.90. The van der Waals surface area contributed by atoms with Crippen LogP contribution in [-0.2, 0) is 19.3 Å². The minimum atomic E-state index is 0.323. The molecule has 0 radical (unpaired) electrons. The molecular formula is C18H22O. The molecule has 0 saturated carbocycles. The average Bonchev–Trinajstić information content (AvgIpc) is 2.46. The Balaban J connectivity index is 2.62. The lowest BCUT2D eigenvalue weighted by Crippen LogP contribution is -1.98. The zero-order chi connectivity index (χ0) is 13.8. The smallest absolute Gasteiger partial charge is 0.115 e. The second-order valence-corrected chi connectivity index (χ2v) is 4.89. The first kappa shape index (κ1) is 13.7. The van der Waals surface area contributed by atoms with Gasteiger partial charge < -0.3 is 5.11 Å². The number of phenols is 1. The van der Waals surface area contributed by atoms with Crippen LogP contribution >= 0.6 is 0 Å². The predicted molar refractivity (Wildman–Crippen MR) is 81.7 cm³/mol. The van der Waals surface area contributed by atoms with Crippen LogP contribution in [0.3, 0.4) is 0 Å². The van der Waals surface area contributed by atoms with Gasteiger partial charge in [-0.05, 0) is 59.2 Å². The number of benzene rings is 2. The van der Waals surface area contributed by atoms with Crippen LogP contribution in [0.25, 0.3) is 11.1 Å². The van der Waals surface area contributed by atoms with E-state index in [4.69, 9.17) is 0 Å². The summed E-state index contributed by atoms with van der Waals surface area (Å²) in [5.74, 6) is 0.323. The summed E-state index contributed by atoms with van der Waals surface area (Å²) in [7, 11) is 0. The van der Waals surface area contributed by atoms with E-state index in [1.807, 2.05) is 12.1 Å². The molecule has 0 spiro atoms. The largest absolute Gasteiger partial charge is 0.508 e. The molecule has 1 nitrogen and oxygen atoms in total. The average molecular weight is 254 g/mol. The molecule has 0 aliphatic rings. The van der Waals surface area contributed by atoms with Gasteiger partial charge in [0.1, 0.15) is 5.75 Å². The van der Waals surface area contributed by atoms with Crippen molar-refractivity contribution in [3.8, 4) is 16.9 Å². The van der Waals surface area contributed by atoms with E-state index in [-0.39, 0.29) is 0 Å². The van der Waals surface area contributed by atoms with Crippen LogP contribution in [0.5, 0.6) is 5.75 Å². The second-order valence-electron chi connectivity index (χ2n) is 4.89. The summed E-state index contributed by atoms with van der Waals surface area (Å²) < 4.78 is 0. The van der Waals surface area contributed by atoms with Crippen molar-refractivity contribution >= 4 is 0 Å². The summed E-state index contributed by atoms with van der Waals surface area (Å²) >= 11 is 0. The molecule has 0 bridgehead atoms. The summed E-state index contributed by atoms with van der Waals surface area (Å²) in [6, 6.07) is 12.2. The van der Waals surface area contributed by atoms with Gasteiger partial charge in [0.2, 0.25) is 0 Å². The quantitative estimate of drug-likeness (QED) is 0.835. The predicted octanol–water partition coefficient (Wildman–Crippen LogP) is 4.75. The lowest BCUT2D eigenvalue weighted by molar-refractivity contribution is 0.475. The molecule has 0 unspecified atom stereocenters. The van der Waals surface area contributed by atoms with Crippen molar-refractivity contribution in [2.45, 2.75) is 40.0 Å². The molecule has 0 heterocycles. The first-order valence-electron chi connectivity index (χ1n) is 7.13. The fraction of sp³-hybridized carbons (Fsp3) is 0.333. The molecule has 0 aliphatic heterocycles. The molecule has 0 aromatic heterocycles. The van der Waals surface area contributed by atoms with Gasteiger partial charge in [0, 0.05) is 0 Å². The van der Waals surface area contributed by atoms with E-state index in [1.54, 1.807) is 12.1 Å². The van der Waals surface area contributed by atoms with E-state index in [2.05, 4.69) is 32.9 Å². The second kappa shape index (κ2) is 5.92. The zero-order valence-corrected chi connectivity index (χ0v) is 12.0. The molecule has 2 rings (SSSR count). The van der Waals surface area contributed by atoms with Crippen molar-refractivity contribution in [1.82, 2.24) is 0 Å². The first-order valence-corrected chi connectivity index (χ1v) is 7.13. The summed E-state index contributed by atoms with van der Waals surface area (Å²) in [5.41, 5.74) is 6.78. The number of hydrogen-bond acceptors (Lipinski definition) is 1. The van der Waals surface area contributed by atoms with Crippen LogP contribution < -0.4 is 0 Å². The fourth-order valence-corrected chi connectivity index (χ4v) is 2.63. The summed E-state index contributed by atoms with van der Waals surface area (Å²) in [4.78, 5) is 0. The van der Waals surface area contributed by atoms with E-state index >= 15 is 0 Å². The Kier molecular flexibility index (Phi) is 4.26. The van der Waals surface area contributed by atoms with E-state index < -0.39 is 0 Å². The third-order valence-corrected chi connectivity index (χ3v) is 3.72. The van der Waals surface area contributed by atoms with Gasteiger partial charge in [0.05, 0.1) is 0 Å². The van der Waals surface area contributed by atoms with Crippen LogP contribution in [0, 0.1) is 0 Å². The van der Waals surface area contributed by atoms with Gasteiger partial charge in [-0.15, -0.1) is 0 Å². The van der Waals surface area contributed by atoms with Crippen LogP contribution in [0.4, 0.5) is 0 Å². The van der Waals surface area contributed by atoms with Crippen LogP contribution in [0.15, 0.2) is 36.4 Å². The number of aryl methyl sites for hydroxylation is 2. The Morgan fingerprint density at radius 1 is 0.842 bits per heavy atom. The highest BCUT2D eigenvalue weighted by Gasteiger charge is 2.10. The maximum Gasteiger partial charge on any atom is 0.115 e. The zero-order valence-electron chi connectivity index (χ0n) is 12.0. The third kappa shape index (κ3) is 2.81. The Morgan fingerprint density at radius 3 is 2.05 bits per heavy atom. The minimum absolute atomic E-state index is 0.323. The molecule has 0 aliphatic carbocycles. The van der Waals surface area contributed by atoms with E-state index in [1.165, 1.54) is 27.8 Å². The van der Waals surface area contributed by atoms with E-state index in [0.29, 0.717) is 5.75 Å². The molecule has 2 aromatic carbocycles. The summed E-state index contributed by atoms with van der Waals surface area (Å²) in [6.07, 6.45) is 3.17. The van der Waals surface area contributed by atoms with Crippen molar-refractivity contribution in [2.75, 3.05) is 0 Å². The molecule has 0 saturated heterocycles. The SMILES string of the molecule is CCc1cc(CC)c(CC)c(-c2ccc(O)cc2)c1. The molecule has 0 atom stereocenters. The van der Waals surface area contributed by atoms with Crippen molar-refractivity contribution in [3.63, 3.8) is 0 Å². The lowest BCUT2D eigenvalue weighted by Gasteiger charge is -2.15.